The van der Waals surface area contributed by atoms with Crippen LogP contribution in [0.2, 0.25) is 0 Å². The topological polar surface area (TPSA) is 48.2 Å². The summed E-state index contributed by atoms with van der Waals surface area (Å²) in [6.45, 7) is 4.35. The van der Waals surface area contributed by atoms with Crippen molar-refractivity contribution in [3.05, 3.63) is 35.2 Å². The van der Waals surface area contributed by atoms with Crippen LogP contribution in [0, 0.1) is 13.8 Å². The molecule has 0 radical (unpaired) electrons. The third-order valence-corrected chi connectivity index (χ3v) is 2.83. The number of ether oxygens (including phenoxy) is 1. The number of aromatic nitrogens is 2. The summed E-state index contributed by atoms with van der Waals surface area (Å²) < 4.78 is 11.0. The summed E-state index contributed by atoms with van der Waals surface area (Å²) in [6, 6.07) is 6.09. The summed E-state index contributed by atoms with van der Waals surface area (Å²) in [5.41, 5.74) is 2.26. The number of hydrogen-bond donors (Lipinski definition) is 0. The standard InChI is InChI=1S/C12H14N2O2S/c1-8-4-5-9(2)10(6-8)15-7-11-13-14-12(16-11)17-3/h4-6H,7H2,1-3H3. The van der Waals surface area contributed by atoms with Crippen molar-refractivity contribution in [2.24, 2.45) is 0 Å². The molecule has 5 heteroatoms. The fourth-order valence-electron chi connectivity index (χ4n) is 1.38. The Balaban J connectivity index is 2.04. The molecule has 0 aliphatic heterocycles. The van der Waals surface area contributed by atoms with Crippen molar-refractivity contribution >= 4 is 11.8 Å². The van der Waals surface area contributed by atoms with Crippen LogP contribution in [-0.2, 0) is 6.61 Å². The Morgan fingerprint density at radius 3 is 2.82 bits per heavy atom. The Hall–Kier alpha value is -1.49. The van der Waals surface area contributed by atoms with E-state index in [0.29, 0.717) is 17.7 Å². The maximum absolute atomic E-state index is 5.66. The molecule has 0 aliphatic carbocycles. The number of nitrogens with zero attached hydrogens (tertiary/aromatic N) is 2. The minimum absolute atomic E-state index is 0.303. The Bertz CT molecular complexity index is 511. The lowest BCUT2D eigenvalue weighted by Crippen LogP contribution is -1.97. The van der Waals surface area contributed by atoms with Gasteiger partial charge in [0.15, 0.2) is 6.61 Å². The molecule has 1 aromatic heterocycles. The van der Waals surface area contributed by atoms with Crippen molar-refractivity contribution in [2.45, 2.75) is 25.7 Å². The molecule has 4 nitrogen and oxygen atoms in total. The largest absolute Gasteiger partial charge is 0.484 e. The monoisotopic (exact) mass is 250 g/mol. The van der Waals surface area contributed by atoms with Crippen LogP contribution in [0.25, 0.3) is 0 Å². The molecule has 0 bridgehead atoms. The van der Waals surface area contributed by atoms with Crippen molar-refractivity contribution in [3.8, 4) is 5.75 Å². The molecule has 0 unspecified atom stereocenters. The highest BCUT2D eigenvalue weighted by Crippen LogP contribution is 2.20. The molecule has 0 saturated carbocycles. The van der Waals surface area contributed by atoms with E-state index >= 15 is 0 Å². The summed E-state index contributed by atoms with van der Waals surface area (Å²) in [4.78, 5) is 0. The Morgan fingerprint density at radius 1 is 1.29 bits per heavy atom. The first-order valence-corrected chi connectivity index (χ1v) is 6.48. The Labute approximate surface area is 104 Å². The fraction of sp³-hybridized carbons (Fsp3) is 0.333. The quantitative estimate of drug-likeness (QED) is 0.781. The second-order valence-corrected chi connectivity index (χ2v) is 4.48. The molecule has 0 atom stereocenters. The van der Waals surface area contributed by atoms with Crippen LogP contribution in [0.4, 0.5) is 0 Å². The molecule has 2 rings (SSSR count). The van der Waals surface area contributed by atoms with Crippen LogP contribution in [-0.4, -0.2) is 16.5 Å². The Morgan fingerprint density at radius 2 is 2.12 bits per heavy atom. The van der Waals surface area contributed by atoms with E-state index in [-0.39, 0.29) is 0 Å². The van der Waals surface area contributed by atoms with Crippen molar-refractivity contribution in [3.63, 3.8) is 0 Å². The molecule has 1 heterocycles. The van der Waals surface area contributed by atoms with Gasteiger partial charge in [-0.05, 0) is 37.3 Å². The van der Waals surface area contributed by atoms with Crippen molar-refractivity contribution in [1.82, 2.24) is 10.2 Å². The first kappa shape index (κ1) is 12.0. The van der Waals surface area contributed by atoms with Gasteiger partial charge in [0, 0.05) is 0 Å². The second-order valence-electron chi connectivity index (χ2n) is 3.72. The molecule has 0 saturated heterocycles. The Kier molecular flexibility index (Phi) is 3.68. The van der Waals surface area contributed by atoms with E-state index in [9.17, 15) is 0 Å². The summed E-state index contributed by atoms with van der Waals surface area (Å²) in [5, 5.41) is 8.30. The number of thioether (sulfide) groups is 1. The maximum Gasteiger partial charge on any atom is 0.276 e. The van der Waals surface area contributed by atoms with Gasteiger partial charge in [-0.2, -0.15) is 0 Å². The van der Waals surface area contributed by atoms with Gasteiger partial charge in [-0.25, -0.2) is 0 Å². The summed E-state index contributed by atoms with van der Waals surface area (Å²) in [7, 11) is 0. The minimum Gasteiger partial charge on any atom is -0.484 e. The maximum atomic E-state index is 5.66. The average molecular weight is 250 g/mol. The van der Waals surface area contributed by atoms with Crippen molar-refractivity contribution in [2.75, 3.05) is 6.26 Å². The molecule has 2 aromatic rings. The zero-order valence-corrected chi connectivity index (χ0v) is 10.9. The highest BCUT2D eigenvalue weighted by Gasteiger charge is 2.06. The van der Waals surface area contributed by atoms with E-state index in [4.69, 9.17) is 9.15 Å². The molecule has 90 valence electrons. The molecular weight excluding hydrogens is 236 g/mol. The molecular formula is C12H14N2O2S. The van der Waals surface area contributed by atoms with E-state index in [0.717, 1.165) is 11.3 Å². The molecule has 0 aliphatic rings. The van der Waals surface area contributed by atoms with E-state index in [2.05, 4.69) is 16.3 Å². The zero-order chi connectivity index (χ0) is 12.3. The molecule has 17 heavy (non-hydrogen) atoms. The van der Waals surface area contributed by atoms with Crippen LogP contribution >= 0.6 is 11.8 Å². The predicted molar refractivity (Wildman–Crippen MR) is 66.3 cm³/mol. The van der Waals surface area contributed by atoms with Crippen LogP contribution < -0.4 is 4.74 Å². The molecule has 0 amide bonds. The molecule has 0 N–H and O–H groups in total. The average Bonchev–Trinajstić information content (AvgIpc) is 2.78. The SMILES string of the molecule is CSc1nnc(COc2cc(C)ccc2C)o1. The fourth-order valence-corrected chi connectivity index (χ4v) is 1.68. The van der Waals surface area contributed by atoms with Crippen molar-refractivity contribution in [1.29, 1.82) is 0 Å². The second kappa shape index (κ2) is 5.23. The van der Waals surface area contributed by atoms with E-state index in [1.165, 1.54) is 17.3 Å². The minimum atomic E-state index is 0.303. The van der Waals surface area contributed by atoms with Gasteiger partial charge >= 0.3 is 0 Å². The van der Waals surface area contributed by atoms with Gasteiger partial charge < -0.3 is 9.15 Å². The first-order valence-electron chi connectivity index (χ1n) is 5.25. The van der Waals surface area contributed by atoms with Gasteiger partial charge in [0.1, 0.15) is 5.75 Å². The molecule has 0 fully saturated rings. The van der Waals surface area contributed by atoms with Gasteiger partial charge in [0.2, 0.25) is 0 Å². The van der Waals surface area contributed by atoms with Gasteiger partial charge in [-0.1, -0.05) is 23.9 Å². The number of hydrogen-bond acceptors (Lipinski definition) is 5. The van der Waals surface area contributed by atoms with E-state index in [1.807, 2.05) is 32.2 Å². The lowest BCUT2D eigenvalue weighted by Gasteiger charge is -2.07. The van der Waals surface area contributed by atoms with E-state index < -0.39 is 0 Å². The smallest absolute Gasteiger partial charge is 0.276 e. The van der Waals surface area contributed by atoms with Crippen LogP contribution in [0.1, 0.15) is 17.0 Å². The third-order valence-electron chi connectivity index (χ3n) is 2.32. The number of benzene rings is 1. The van der Waals surface area contributed by atoms with Gasteiger partial charge in [0.25, 0.3) is 11.1 Å². The molecule has 1 aromatic carbocycles. The summed E-state index contributed by atoms with van der Waals surface area (Å²) in [6.07, 6.45) is 1.89. The highest BCUT2D eigenvalue weighted by atomic mass is 32.2. The van der Waals surface area contributed by atoms with Crippen LogP contribution in [0.5, 0.6) is 5.75 Å². The normalized spacial score (nSPS) is 10.5. The number of aryl methyl sites for hydroxylation is 2. The zero-order valence-electron chi connectivity index (χ0n) is 10.1. The van der Waals surface area contributed by atoms with Gasteiger partial charge in [-0.3, -0.25) is 0 Å². The summed E-state index contributed by atoms with van der Waals surface area (Å²) in [5.74, 6) is 1.35. The lowest BCUT2D eigenvalue weighted by molar-refractivity contribution is 0.250. The van der Waals surface area contributed by atoms with Gasteiger partial charge in [-0.15, -0.1) is 10.2 Å². The summed E-state index contributed by atoms with van der Waals surface area (Å²) >= 11 is 1.42. The highest BCUT2D eigenvalue weighted by molar-refractivity contribution is 7.98. The van der Waals surface area contributed by atoms with Crippen LogP contribution in [0.15, 0.2) is 27.8 Å². The predicted octanol–water partition coefficient (Wildman–Crippen LogP) is 2.99. The molecule has 0 spiro atoms. The van der Waals surface area contributed by atoms with Gasteiger partial charge in [0.05, 0.1) is 0 Å². The van der Waals surface area contributed by atoms with Crippen LogP contribution in [0.3, 0.4) is 0 Å². The lowest BCUT2D eigenvalue weighted by atomic mass is 10.1. The number of rotatable bonds is 4. The third kappa shape index (κ3) is 3.00. The van der Waals surface area contributed by atoms with Crippen molar-refractivity contribution < 1.29 is 9.15 Å². The first-order chi connectivity index (χ1) is 8.19. The van der Waals surface area contributed by atoms with E-state index in [1.54, 1.807) is 0 Å².